The second kappa shape index (κ2) is 6.71. The Balaban J connectivity index is 1.52. The Morgan fingerprint density at radius 3 is 2.73 bits per heavy atom. The molecule has 0 spiro atoms. The van der Waals surface area contributed by atoms with Gasteiger partial charge in [-0.15, -0.1) is 0 Å². The van der Waals surface area contributed by atoms with Crippen LogP contribution in [0.25, 0.3) is 0 Å². The molecule has 0 bridgehead atoms. The van der Waals surface area contributed by atoms with Crippen molar-refractivity contribution in [1.29, 1.82) is 0 Å². The molecule has 0 unspecified atom stereocenters. The van der Waals surface area contributed by atoms with Crippen LogP contribution in [0.1, 0.15) is 38.7 Å². The highest BCUT2D eigenvalue weighted by Gasteiger charge is 2.25. The van der Waals surface area contributed by atoms with E-state index in [2.05, 4.69) is 29.6 Å². The van der Waals surface area contributed by atoms with Crippen molar-refractivity contribution in [2.24, 2.45) is 0 Å². The van der Waals surface area contributed by atoms with Crippen molar-refractivity contribution in [1.82, 2.24) is 15.8 Å². The number of rotatable bonds is 3. The molecule has 2 aliphatic rings. The van der Waals surface area contributed by atoms with Gasteiger partial charge in [-0.3, -0.25) is 5.43 Å². The van der Waals surface area contributed by atoms with Crippen molar-refractivity contribution >= 4 is 17.3 Å². The second-order valence-electron chi connectivity index (χ2n) is 6.02. The summed E-state index contributed by atoms with van der Waals surface area (Å²) in [4.78, 5) is 0. The van der Waals surface area contributed by atoms with Crippen LogP contribution < -0.4 is 20.2 Å². The first-order valence-corrected chi connectivity index (χ1v) is 8.25. The summed E-state index contributed by atoms with van der Waals surface area (Å²) in [5.74, 6) is 1.61. The van der Waals surface area contributed by atoms with Crippen LogP contribution in [0.5, 0.6) is 11.5 Å². The lowest BCUT2D eigenvalue weighted by molar-refractivity contribution is 0.0736. The quantitative estimate of drug-likeness (QED) is 0.834. The molecule has 0 saturated carbocycles. The maximum atomic E-state index is 5.42. The summed E-state index contributed by atoms with van der Waals surface area (Å²) in [5, 5.41) is 6.19. The minimum atomic E-state index is 0.302. The molecule has 6 heteroatoms. The van der Waals surface area contributed by atoms with Crippen LogP contribution in [0.3, 0.4) is 0 Å². The highest BCUT2D eigenvalue weighted by atomic mass is 32.1. The molecule has 0 aliphatic carbocycles. The number of piperidine rings is 1. The van der Waals surface area contributed by atoms with Gasteiger partial charge in [-0.1, -0.05) is 12.5 Å². The molecule has 1 aromatic rings. The fourth-order valence-corrected chi connectivity index (χ4v) is 3.21. The number of hydrogen-bond donors (Lipinski definition) is 2. The topological polar surface area (TPSA) is 45.8 Å². The molecule has 2 heterocycles. The molecule has 2 atom stereocenters. The minimum absolute atomic E-state index is 0.302. The van der Waals surface area contributed by atoms with Crippen molar-refractivity contribution in [2.45, 2.75) is 51.7 Å². The predicted molar refractivity (Wildman–Crippen MR) is 89.8 cm³/mol. The Hall–Kier alpha value is -1.53. The van der Waals surface area contributed by atoms with E-state index in [1.165, 1.54) is 19.3 Å². The second-order valence-corrected chi connectivity index (χ2v) is 6.43. The minimum Gasteiger partial charge on any atom is -0.454 e. The molecule has 0 aromatic heterocycles. The molecular formula is C16H23N3O2S. The lowest BCUT2D eigenvalue weighted by Crippen LogP contribution is -2.56. The van der Waals surface area contributed by atoms with E-state index in [1.807, 2.05) is 18.2 Å². The maximum absolute atomic E-state index is 5.42. The smallest absolute Gasteiger partial charge is 0.231 e. The predicted octanol–water partition coefficient (Wildman–Crippen LogP) is 2.56. The van der Waals surface area contributed by atoms with Gasteiger partial charge in [0.2, 0.25) is 6.79 Å². The summed E-state index contributed by atoms with van der Waals surface area (Å²) in [6.45, 7) is 5.45. The largest absolute Gasteiger partial charge is 0.454 e. The maximum Gasteiger partial charge on any atom is 0.231 e. The SMILES string of the molecule is C[C@@H]1CCC[C@H](C)N1NC(=S)NCc1ccc2c(c1)OCO2. The van der Waals surface area contributed by atoms with Gasteiger partial charge in [-0.2, -0.15) is 0 Å². The van der Waals surface area contributed by atoms with E-state index in [0.29, 0.717) is 30.5 Å². The number of nitrogens with one attached hydrogen (secondary N) is 2. The van der Waals surface area contributed by atoms with E-state index in [4.69, 9.17) is 21.7 Å². The lowest BCUT2D eigenvalue weighted by Gasteiger charge is -2.39. The fraction of sp³-hybridized carbons (Fsp3) is 0.562. The standard InChI is InChI=1S/C16H23N3O2S/c1-11-4-3-5-12(2)19(11)18-16(22)17-9-13-6-7-14-15(8-13)21-10-20-14/h6-8,11-12H,3-5,9-10H2,1-2H3,(H2,17,18,22)/t11-,12+. The molecule has 5 nitrogen and oxygen atoms in total. The molecule has 1 fully saturated rings. The van der Waals surface area contributed by atoms with E-state index in [1.54, 1.807) is 0 Å². The summed E-state index contributed by atoms with van der Waals surface area (Å²) >= 11 is 5.42. The third-order valence-electron chi connectivity index (χ3n) is 4.31. The molecule has 1 aromatic carbocycles. The average Bonchev–Trinajstić information content (AvgIpc) is 2.96. The van der Waals surface area contributed by atoms with E-state index in [9.17, 15) is 0 Å². The van der Waals surface area contributed by atoms with Crippen molar-refractivity contribution < 1.29 is 9.47 Å². The van der Waals surface area contributed by atoms with Crippen LogP contribution in [0.15, 0.2) is 18.2 Å². The van der Waals surface area contributed by atoms with E-state index < -0.39 is 0 Å². The first-order chi connectivity index (χ1) is 10.6. The number of ether oxygens (including phenoxy) is 2. The average molecular weight is 321 g/mol. The summed E-state index contributed by atoms with van der Waals surface area (Å²) in [6.07, 6.45) is 3.71. The van der Waals surface area contributed by atoms with Gasteiger partial charge in [0.1, 0.15) is 0 Å². The van der Waals surface area contributed by atoms with Crippen molar-refractivity contribution in [3.63, 3.8) is 0 Å². The van der Waals surface area contributed by atoms with E-state index in [0.717, 1.165) is 17.1 Å². The monoisotopic (exact) mass is 321 g/mol. The molecule has 2 N–H and O–H groups in total. The van der Waals surface area contributed by atoms with Gasteiger partial charge in [0, 0.05) is 18.6 Å². The van der Waals surface area contributed by atoms with Crippen LogP contribution in [-0.2, 0) is 6.54 Å². The molecule has 0 radical (unpaired) electrons. The van der Waals surface area contributed by atoms with Gasteiger partial charge in [0.05, 0.1) is 0 Å². The Kier molecular flexibility index (Phi) is 4.69. The Morgan fingerprint density at radius 2 is 1.95 bits per heavy atom. The summed E-state index contributed by atoms with van der Waals surface area (Å²) < 4.78 is 10.7. The molecule has 22 heavy (non-hydrogen) atoms. The zero-order valence-electron chi connectivity index (χ0n) is 13.1. The van der Waals surface area contributed by atoms with E-state index in [-0.39, 0.29) is 0 Å². The number of benzene rings is 1. The molecule has 1 saturated heterocycles. The molecule has 2 aliphatic heterocycles. The number of nitrogens with zero attached hydrogens (tertiary/aromatic N) is 1. The molecule has 0 amide bonds. The Morgan fingerprint density at radius 1 is 1.23 bits per heavy atom. The van der Waals surface area contributed by atoms with Gasteiger partial charge in [0.25, 0.3) is 0 Å². The summed E-state index contributed by atoms with van der Waals surface area (Å²) in [5.41, 5.74) is 4.46. The molecular weight excluding hydrogens is 298 g/mol. The number of hydrogen-bond acceptors (Lipinski definition) is 4. The zero-order valence-corrected chi connectivity index (χ0v) is 13.9. The van der Waals surface area contributed by atoms with Gasteiger partial charge in [0.15, 0.2) is 16.6 Å². The summed E-state index contributed by atoms with van der Waals surface area (Å²) in [6, 6.07) is 6.97. The van der Waals surface area contributed by atoms with Crippen LogP contribution >= 0.6 is 12.2 Å². The van der Waals surface area contributed by atoms with Crippen molar-refractivity contribution in [2.75, 3.05) is 6.79 Å². The number of fused-ring (bicyclic) bond motifs is 1. The van der Waals surface area contributed by atoms with Crippen LogP contribution in [0.2, 0.25) is 0 Å². The lowest BCUT2D eigenvalue weighted by atomic mass is 10.00. The highest BCUT2D eigenvalue weighted by Crippen LogP contribution is 2.32. The fourth-order valence-electron chi connectivity index (χ4n) is 3.03. The first-order valence-electron chi connectivity index (χ1n) is 7.85. The zero-order chi connectivity index (χ0) is 15.5. The Labute approximate surface area is 136 Å². The molecule has 3 rings (SSSR count). The van der Waals surface area contributed by atoms with Crippen molar-refractivity contribution in [3.05, 3.63) is 23.8 Å². The van der Waals surface area contributed by atoms with E-state index >= 15 is 0 Å². The van der Waals surface area contributed by atoms with Gasteiger partial charge >= 0.3 is 0 Å². The summed E-state index contributed by atoms with van der Waals surface area (Å²) in [7, 11) is 0. The normalized spacial score (nSPS) is 24.1. The van der Waals surface area contributed by atoms with Gasteiger partial charge < -0.3 is 14.8 Å². The first kappa shape index (κ1) is 15.4. The van der Waals surface area contributed by atoms with Crippen molar-refractivity contribution in [3.8, 4) is 11.5 Å². The highest BCUT2D eigenvalue weighted by molar-refractivity contribution is 7.80. The van der Waals surface area contributed by atoms with Crippen LogP contribution in [0.4, 0.5) is 0 Å². The van der Waals surface area contributed by atoms with Crippen LogP contribution in [-0.4, -0.2) is 29.0 Å². The van der Waals surface area contributed by atoms with Gasteiger partial charge in [-0.05, 0) is 56.6 Å². The van der Waals surface area contributed by atoms with Gasteiger partial charge in [-0.25, -0.2) is 5.01 Å². The number of hydrazine groups is 1. The Bertz CT molecular complexity index is 542. The number of thiocarbonyl (C=S) groups is 1. The third kappa shape index (κ3) is 3.44. The third-order valence-corrected chi connectivity index (χ3v) is 4.55. The molecule has 120 valence electrons. The van der Waals surface area contributed by atoms with Crippen LogP contribution in [0, 0.1) is 0 Å².